The van der Waals surface area contributed by atoms with Crippen LogP contribution in [0, 0.1) is 5.92 Å². The highest BCUT2D eigenvalue weighted by Gasteiger charge is 2.47. The van der Waals surface area contributed by atoms with Crippen LogP contribution in [0.15, 0.2) is 59.7 Å². The van der Waals surface area contributed by atoms with Crippen LogP contribution in [0.4, 0.5) is 0 Å². The van der Waals surface area contributed by atoms with Crippen LogP contribution in [-0.2, 0) is 39.6 Å². The molecule has 0 bridgehead atoms. The van der Waals surface area contributed by atoms with E-state index >= 15 is 0 Å². The molecule has 0 aliphatic rings. The largest absolute Gasteiger partial charge is 0.497 e. The third-order valence-corrected chi connectivity index (χ3v) is 15.2. The van der Waals surface area contributed by atoms with E-state index in [0.717, 1.165) is 29.7 Å². The van der Waals surface area contributed by atoms with E-state index in [0.29, 0.717) is 49.3 Å². The van der Waals surface area contributed by atoms with Gasteiger partial charge >= 0.3 is 5.97 Å². The Balaban J connectivity index is 3.14. The van der Waals surface area contributed by atoms with E-state index in [4.69, 9.17) is 23.4 Å². The van der Waals surface area contributed by atoms with Crippen LogP contribution in [0.1, 0.15) is 93.1 Å². The smallest absolute Gasteiger partial charge is 0.313 e. The third kappa shape index (κ3) is 15.3. The van der Waals surface area contributed by atoms with E-state index in [2.05, 4.69) is 72.3 Å². The highest BCUT2D eigenvalue weighted by atomic mass is 28.4. The van der Waals surface area contributed by atoms with Gasteiger partial charge in [0.2, 0.25) is 8.32 Å². The molecule has 0 spiro atoms. The molecule has 48 heavy (non-hydrogen) atoms. The molecule has 0 saturated carbocycles. The average molecular weight is 689 g/mol. The predicted molar refractivity (Wildman–Crippen MR) is 197 cm³/mol. The lowest BCUT2D eigenvalue weighted by Gasteiger charge is -2.45. The molecule has 0 aromatic heterocycles. The molecule has 272 valence electrons. The third-order valence-electron chi connectivity index (χ3n) is 9.06. The number of benzene rings is 1. The lowest BCUT2D eigenvalue weighted by Crippen LogP contribution is -2.51. The van der Waals surface area contributed by atoms with E-state index in [1.165, 1.54) is 12.7 Å². The predicted octanol–water partition coefficient (Wildman–Crippen LogP) is 9.15. The van der Waals surface area contributed by atoms with Crippen LogP contribution >= 0.6 is 0 Å². The summed E-state index contributed by atoms with van der Waals surface area (Å²) in [7, 11) is 2.43. The number of hydrogen-bond acceptors (Lipinski definition) is 8. The molecule has 0 heterocycles. The Morgan fingerprint density at radius 1 is 0.833 bits per heavy atom. The van der Waals surface area contributed by atoms with E-state index in [1.54, 1.807) is 14.2 Å². The van der Waals surface area contributed by atoms with Gasteiger partial charge in [-0.15, -0.1) is 0 Å². The number of Topliss-reactive ketones (excluding diaryl/α,β-unsaturated/α-hetero) is 1. The van der Waals surface area contributed by atoms with Crippen LogP contribution in [0.5, 0.6) is 5.75 Å². The Kier molecular flexibility index (Phi) is 21.5. The minimum Gasteiger partial charge on any atom is -0.497 e. The molecule has 9 heteroatoms. The summed E-state index contributed by atoms with van der Waals surface area (Å²) in [5, 5.41) is 0. The summed E-state index contributed by atoms with van der Waals surface area (Å²) in [5.41, 5.74) is 4.86. The highest BCUT2D eigenvalue weighted by molar-refractivity contribution is 6.77. The highest BCUT2D eigenvalue weighted by Crippen LogP contribution is 2.44. The van der Waals surface area contributed by atoms with E-state index < -0.39 is 14.3 Å². The number of allylic oxidation sites excluding steroid dienone is 4. The molecule has 1 rings (SSSR count). The molecule has 0 amide bonds. The summed E-state index contributed by atoms with van der Waals surface area (Å²) in [6.45, 7) is 20.0. The summed E-state index contributed by atoms with van der Waals surface area (Å²) in [4.78, 5) is 23.3. The molecular weight excluding hydrogens is 625 g/mol. The van der Waals surface area contributed by atoms with Gasteiger partial charge in [0.25, 0.3) is 0 Å². The molecule has 1 aromatic rings. The van der Waals surface area contributed by atoms with Gasteiger partial charge in [-0.05, 0) is 72.0 Å². The van der Waals surface area contributed by atoms with Crippen molar-refractivity contribution in [2.24, 2.45) is 5.92 Å². The molecule has 0 saturated heterocycles. The first kappa shape index (κ1) is 43.5. The van der Waals surface area contributed by atoms with Crippen molar-refractivity contribution in [1.82, 2.24) is 0 Å². The molecular formula is C39H64O8Si. The van der Waals surface area contributed by atoms with Crippen LogP contribution < -0.4 is 4.74 Å². The standard InChI is InChI=1S/C39H64O8Si/c1-29(2)48(30(3)4,31(5)6)47-38(33(8)16-14-12-13-15-17-36(40)24-39(41)44-11)23-18-32(7)35(27-46-28-42-9)26-45-25-34-19-21-37(43-10)22-20-34/h12-14,16,19-22,29-31,33,38H,15,17-18,23-28H2,1-11H3/b13-12-,16-14+,35-32-/t33-,38-/m0/s1. The van der Waals surface area contributed by atoms with Crippen LogP contribution in [0.3, 0.4) is 0 Å². The first-order chi connectivity index (χ1) is 22.8. The number of carbonyl (C=O) groups is 2. The van der Waals surface area contributed by atoms with Crippen molar-refractivity contribution < 1.29 is 37.7 Å². The molecule has 0 N–H and O–H groups in total. The first-order valence-corrected chi connectivity index (χ1v) is 19.5. The van der Waals surface area contributed by atoms with Gasteiger partial charge in [-0.3, -0.25) is 9.59 Å². The molecule has 0 aliphatic heterocycles. The fourth-order valence-corrected chi connectivity index (χ4v) is 12.0. The Morgan fingerprint density at radius 3 is 2.02 bits per heavy atom. The topological polar surface area (TPSA) is 89.5 Å². The summed E-state index contributed by atoms with van der Waals surface area (Å²) in [6, 6.07) is 7.91. The van der Waals surface area contributed by atoms with Gasteiger partial charge < -0.3 is 28.1 Å². The second kappa shape index (κ2) is 23.7. The zero-order valence-electron chi connectivity index (χ0n) is 31.6. The summed E-state index contributed by atoms with van der Waals surface area (Å²) in [5.74, 6) is 0.388. The van der Waals surface area contributed by atoms with Crippen molar-refractivity contribution in [2.45, 2.75) is 117 Å². The zero-order valence-corrected chi connectivity index (χ0v) is 32.6. The Labute approximate surface area is 292 Å². The maximum atomic E-state index is 11.9. The minimum atomic E-state index is -2.15. The van der Waals surface area contributed by atoms with Crippen molar-refractivity contribution >= 4 is 20.1 Å². The number of hydrogen-bond donors (Lipinski definition) is 0. The van der Waals surface area contributed by atoms with Gasteiger partial charge in [-0.2, -0.15) is 0 Å². The van der Waals surface area contributed by atoms with Crippen molar-refractivity contribution in [3.05, 3.63) is 65.3 Å². The number of ketones is 1. The maximum Gasteiger partial charge on any atom is 0.313 e. The number of esters is 1. The van der Waals surface area contributed by atoms with Crippen molar-refractivity contribution in [3.8, 4) is 5.75 Å². The average Bonchev–Trinajstić information content (AvgIpc) is 3.05. The second-order valence-electron chi connectivity index (χ2n) is 13.5. The normalized spacial score (nSPS) is 14.3. The molecule has 0 radical (unpaired) electrons. The van der Waals surface area contributed by atoms with Crippen LogP contribution in [-0.4, -0.2) is 67.5 Å². The monoisotopic (exact) mass is 688 g/mol. The zero-order chi connectivity index (χ0) is 36.1. The van der Waals surface area contributed by atoms with Gasteiger partial charge in [0, 0.05) is 13.5 Å². The van der Waals surface area contributed by atoms with Gasteiger partial charge in [0.15, 0.2) is 0 Å². The van der Waals surface area contributed by atoms with Crippen LogP contribution in [0.2, 0.25) is 16.6 Å². The van der Waals surface area contributed by atoms with Gasteiger partial charge in [0.1, 0.15) is 24.7 Å². The van der Waals surface area contributed by atoms with Crippen molar-refractivity contribution in [3.63, 3.8) is 0 Å². The van der Waals surface area contributed by atoms with Gasteiger partial charge in [0.05, 0.1) is 40.1 Å². The van der Waals surface area contributed by atoms with Crippen LogP contribution in [0.25, 0.3) is 0 Å². The quantitative estimate of drug-likeness (QED) is 0.0191. The molecule has 0 unspecified atom stereocenters. The second-order valence-corrected chi connectivity index (χ2v) is 18.9. The number of rotatable bonds is 25. The minimum absolute atomic E-state index is 0.0338. The van der Waals surface area contributed by atoms with Gasteiger partial charge in [-0.1, -0.05) is 90.5 Å². The van der Waals surface area contributed by atoms with E-state index in [9.17, 15) is 9.59 Å². The lowest BCUT2D eigenvalue weighted by molar-refractivity contribution is -0.143. The fraction of sp³-hybridized carbons (Fsp3) is 0.641. The van der Waals surface area contributed by atoms with Gasteiger partial charge in [-0.25, -0.2) is 0 Å². The maximum absolute atomic E-state index is 11.9. The summed E-state index contributed by atoms with van der Waals surface area (Å²) >= 11 is 0. The van der Waals surface area contributed by atoms with E-state index in [-0.39, 0.29) is 31.0 Å². The Hall–Kier alpha value is -2.56. The van der Waals surface area contributed by atoms with Crippen molar-refractivity contribution in [2.75, 3.05) is 41.3 Å². The molecule has 1 aromatic carbocycles. The first-order valence-electron chi connectivity index (χ1n) is 17.4. The Bertz CT molecular complexity index is 1130. The fourth-order valence-electron chi connectivity index (χ4n) is 6.29. The molecule has 0 fully saturated rings. The number of ether oxygens (including phenoxy) is 5. The molecule has 8 nitrogen and oxygen atoms in total. The Morgan fingerprint density at radius 2 is 1.46 bits per heavy atom. The SMILES string of the molecule is COCOC/C(COCc1ccc(OC)cc1)=C(/C)CC[C@H](O[Si](C(C)C)(C(C)C)C(C)C)[C@@H](C)/C=C/C=C\CCC(=O)CC(=O)OC. The number of carbonyl (C=O) groups excluding carboxylic acids is 2. The molecule has 0 aliphatic carbocycles. The molecule has 2 atom stereocenters. The number of methoxy groups -OCH3 is 3. The van der Waals surface area contributed by atoms with E-state index in [1.807, 2.05) is 36.4 Å². The lowest BCUT2D eigenvalue weighted by atomic mass is 9.96. The summed E-state index contributed by atoms with van der Waals surface area (Å²) < 4.78 is 34.3. The summed E-state index contributed by atoms with van der Waals surface area (Å²) in [6.07, 6.45) is 10.7. The van der Waals surface area contributed by atoms with Crippen molar-refractivity contribution in [1.29, 1.82) is 0 Å².